The lowest BCUT2D eigenvalue weighted by molar-refractivity contribution is -0.114. The fraction of sp³-hybridized carbons (Fsp3) is 0.364. The lowest BCUT2D eigenvalue weighted by Crippen LogP contribution is -2.33. The summed E-state index contributed by atoms with van der Waals surface area (Å²) in [7, 11) is 1.59. The average Bonchev–Trinajstić information content (AvgIpc) is 3.10. The van der Waals surface area contributed by atoms with E-state index in [1.54, 1.807) is 24.5 Å². The Bertz CT molecular complexity index is 934. The molecular formula is C22H24O5S. The number of aromatic hydroxyl groups is 1. The van der Waals surface area contributed by atoms with E-state index in [1.165, 1.54) is 15.0 Å². The third-order valence-corrected chi connectivity index (χ3v) is 6.32. The molecule has 3 aromatic rings. The molecule has 1 aliphatic heterocycles. The molecule has 6 heteroatoms. The smallest absolute Gasteiger partial charge is 0.126 e. The Morgan fingerprint density at radius 1 is 1.18 bits per heavy atom. The second kappa shape index (κ2) is 8.09. The Morgan fingerprint density at radius 2 is 2.00 bits per heavy atom. The molecule has 1 saturated heterocycles. The van der Waals surface area contributed by atoms with Crippen LogP contribution in [-0.4, -0.2) is 41.2 Å². The second-order valence-corrected chi connectivity index (χ2v) is 8.37. The van der Waals surface area contributed by atoms with Crippen molar-refractivity contribution in [3.05, 3.63) is 58.5 Å². The zero-order chi connectivity index (χ0) is 19.7. The van der Waals surface area contributed by atoms with Crippen LogP contribution >= 0.6 is 11.3 Å². The van der Waals surface area contributed by atoms with Crippen molar-refractivity contribution in [1.29, 1.82) is 0 Å². The maximum Gasteiger partial charge on any atom is 0.126 e. The molecule has 28 heavy (non-hydrogen) atoms. The highest BCUT2D eigenvalue weighted by Crippen LogP contribution is 2.40. The van der Waals surface area contributed by atoms with Gasteiger partial charge < -0.3 is 24.8 Å². The summed E-state index contributed by atoms with van der Waals surface area (Å²) in [6.07, 6.45) is 0.00361. The van der Waals surface area contributed by atoms with Crippen molar-refractivity contribution in [3.63, 3.8) is 0 Å². The lowest BCUT2D eigenvalue weighted by Gasteiger charge is -2.33. The van der Waals surface area contributed by atoms with Gasteiger partial charge in [-0.05, 0) is 29.1 Å². The molecule has 0 amide bonds. The van der Waals surface area contributed by atoms with Gasteiger partial charge in [0.15, 0.2) is 0 Å². The molecule has 0 spiro atoms. The summed E-state index contributed by atoms with van der Waals surface area (Å²) < 4.78 is 12.6. The highest BCUT2D eigenvalue weighted by atomic mass is 32.1. The summed E-state index contributed by atoms with van der Waals surface area (Å²) in [6.45, 7) is -0.154. The molecule has 0 saturated carbocycles. The van der Waals surface area contributed by atoms with Crippen LogP contribution in [0.2, 0.25) is 0 Å². The third-order valence-electron chi connectivity index (χ3n) is 5.20. The van der Waals surface area contributed by atoms with Gasteiger partial charge in [-0.3, -0.25) is 0 Å². The highest BCUT2D eigenvalue weighted by Gasteiger charge is 2.31. The van der Waals surface area contributed by atoms with E-state index in [1.807, 2.05) is 18.2 Å². The molecule has 3 N–H and O–H groups in total. The first-order valence-corrected chi connectivity index (χ1v) is 10.2. The average molecular weight is 400 g/mol. The minimum atomic E-state index is -0.566. The Kier molecular flexibility index (Phi) is 5.55. The number of rotatable bonds is 5. The normalized spacial score (nSPS) is 22.5. The van der Waals surface area contributed by atoms with E-state index in [-0.39, 0.29) is 12.4 Å². The van der Waals surface area contributed by atoms with Gasteiger partial charge in [0.2, 0.25) is 0 Å². The zero-order valence-electron chi connectivity index (χ0n) is 15.7. The molecule has 0 aliphatic carbocycles. The van der Waals surface area contributed by atoms with Gasteiger partial charge in [-0.1, -0.05) is 18.2 Å². The summed E-state index contributed by atoms with van der Waals surface area (Å²) >= 11 is 1.74. The molecule has 4 rings (SSSR count). The molecule has 0 radical (unpaired) electrons. The summed E-state index contributed by atoms with van der Waals surface area (Å²) in [4.78, 5) is 1.20. The fourth-order valence-corrected chi connectivity index (χ4v) is 4.93. The summed E-state index contributed by atoms with van der Waals surface area (Å²) in [5, 5.41) is 31.3. The van der Waals surface area contributed by atoms with E-state index in [9.17, 15) is 15.3 Å². The molecule has 5 nitrogen and oxygen atoms in total. The number of hydrogen-bond acceptors (Lipinski definition) is 6. The Labute approximate surface area is 167 Å². The van der Waals surface area contributed by atoms with Crippen molar-refractivity contribution >= 4 is 21.4 Å². The lowest BCUT2D eigenvalue weighted by atomic mass is 9.93. The Balaban J connectivity index is 1.67. The second-order valence-electron chi connectivity index (χ2n) is 7.20. The molecule has 148 valence electrons. The van der Waals surface area contributed by atoms with Gasteiger partial charge in [-0.2, -0.15) is 0 Å². The van der Waals surface area contributed by atoms with E-state index in [2.05, 4.69) is 18.2 Å². The van der Waals surface area contributed by atoms with Crippen molar-refractivity contribution < 1.29 is 24.8 Å². The maximum absolute atomic E-state index is 10.5. The van der Waals surface area contributed by atoms with Crippen molar-refractivity contribution in [2.45, 2.75) is 37.6 Å². The van der Waals surface area contributed by atoms with Gasteiger partial charge in [0.1, 0.15) is 11.5 Å². The summed E-state index contributed by atoms with van der Waals surface area (Å²) in [5.41, 5.74) is 1.57. The molecule has 3 unspecified atom stereocenters. The van der Waals surface area contributed by atoms with Crippen LogP contribution in [0.5, 0.6) is 11.5 Å². The van der Waals surface area contributed by atoms with Crippen LogP contribution in [0.25, 0.3) is 10.1 Å². The van der Waals surface area contributed by atoms with E-state index >= 15 is 0 Å². The van der Waals surface area contributed by atoms with Crippen molar-refractivity contribution in [1.82, 2.24) is 0 Å². The van der Waals surface area contributed by atoms with Crippen molar-refractivity contribution in [2.75, 3.05) is 13.7 Å². The fourth-order valence-electron chi connectivity index (χ4n) is 3.84. The highest BCUT2D eigenvalue weighted by molar-refractivity contribution is 7.19. The first-order valence-electron chi connectivity index (χ1n) is 9.39. The standard InChI is InChI=1S/C22H24O5S/c1-26-20-11-19(25)18(21-10-15(24)9-16(12-23)27-21)8-14(20)7-17-6-13-4-2-3-5-22(13)28-17/h2-6,8,11,15-16,21,23-25H,7,9-10,12H2,1H3. The van der Waals surface area contributed by atoms with Crippen LogP contribution in [0.3, 0.4) is 0 Å². The van der Waals surface area contributed by atoms with Crippen molar-refractivity contribution in [3.8, 4) is 11.5 Å². The summed E-state index contributed by atoms with van der Waals surface area (Å²) in [6, 6.07) is 13.9. The van der Waals surface area contributed by atoms with E-state index in [4.69, 9.17) is 9.47 Å². The minimum Gasteiger partial charge on any atom is -0.507 e. The monoisotopic (exact) mass is 400 g/mol. The first kappa shape index (κ1) is 19.2. The van der Waals surface area contributed by atoms with Crippen LogP contribution in [0.15, 0.2) is 42.5 Å². The number of thiophene rings is 1. The molecule has 2 aromatic carbocycles. The molecular weight excluding hydrogens is 376 g/mol. The SMILES string of the molecule is COc1cc(O)c(C2CC(O)CC(CO)O2)cc1Cc1cc2ccccc2s1. The number of ether oxygens (including phenoxy) is 2. The molecule has 0 bridgehead atoms. The number of benzene rings is 2. The predicted octanol–water partition coefficient (Wildman–Crippen LogP) is 3.78. The van der Waals surface area contributed by atoms with E-state index in [0.29, 0.717) is 30.6 Å². The predicted molar refractivity (Wildman–Crippen MR) is 109 cm³/mol. The largest absolute Gasteiger partial charge is 0.507 e. The van der Waals surface area contributed by atoms with Crippen LogP contribution < -0.4 is 4.74 Å². The van der Waals surface area contributed by atoms with Crippen LogP contribution in [-0.2, 0) is 11.2 Å². The number of aliphatic hydroxyl groups excluding tert-OH is 2. The Hall–Kier alpha value is -2.12. The third kappa shape index (κ3) is 3.86. The number of phenols is 1. The van der Waals surface area contributed by atoms with Crippen LogP contribution in [0, 0.1) is 0 Å². The number of aliphatic hydroxyl groups is 2. The molecule has 1 aliphatic rings. The Morgan fingerprint density at radius 3 is 2.75 bits per heavy atom. The summed E-state index contributed by atoms with van der Waals surface area (Å²) in [5.74, 6) is 0.696. The zero-order valence-corrected chi connectivity index (χ0v) is 16.5. The van der Waals surface area contributed by atoms with Gasteiger partial charge in [0.05, 0.1) is 32.0 Å². The molecule has 2 heterocycles. The van der Waals surface area contributed by atoms with Gasteiger partial charge in [-0.15, -0.1) is 11.3 Å². The maximum atomic E-state index is 10.5. The number of hydrogen-bond donors (Lipinski definition) is 3. The van der Waals surface area contributed by atoms with E-state index < -0.39 is 18.3 Å². The molecule has 3 atom stereocenters. The van der Waals surface area contributed by atoms with Crippen LogP contribution in [0.1, 0.15) is 34.9 Å². The van der Waals surface area contributed by atoms with Gasteiger partial charge in [0, 0.05) is 40.5 Å². The topological polar surface area (TPSA) is 79.2 Å². The number of phenolic OH excluding ortho intramolecular Hbond substituents is 1. The van der Waals surface area contributed by atoms with E-state index in [0.717, 1.165) is 5.56 Å². The quantitative estimate of drug-likeness (QED) is 0.607. The van der Waals surface area contributed by atoms with Crippen molar-refractivity contribution in [2.24, 2.45) is 0 Å². The number of methoxy groups -OCH3 is 1. The van der Waals surface area contributed by atoms with Gasteiger partial charge in [0.25, 0.3) is 0 Å². The number of fused-ring (bicyclic) bond motifs is 1. The first-order chi connectivity index (χ1) is 13.6. The van der Waals surface area contributed by atoms with Crippen LogP contribution in [0.4, 0.5) is 0 Å². The van der Waals surface area contributed by atoms with Gasteiger partial charge in [-0.25, -0.2) is 0 Å². The molecule has 1 fully saturated rings. The van der Waals surface area contributed by atoms with Gasteiger partial charge >= 0.3 is 0 Å². The minimum absolute atomic E-state index is 0.0766. The molecule has 1 aromatic heterocycles.